The second-order valence-corrected chi connectivity index (χ2v) is 2.27. The molecule has 3 nitrogen and oxygen atoms in total. The summed E-state index contributed by atoms with van der Waals surface area (Å²) >= 11 is 10.7. The number of nitrogens with one attached hydrogen (secondary N) is 1. The molecule has 0 atom stereocenters. The molecule has 1 aromatic rings. The van der Waals surface area contributed by atoms with E-state index in [1.807, 2.05) is 0 Å². The number of hydrogen-bond acceptors (Lipinski definition) is 2. The number of aromatic nitrogens is 3. The largest absolute Gasteiger partial charge is 1.00 e. The highest BCUT2D eigenvalue weighted by Crippen LogP contribution is 2.06. The number of H-pyrrole nitrogens is 1. The highest BCUT2D eigenvalue weighted by atomic mass is 35.5. The van der Waals surface area contributed by atoms with Crippen molar-refractivity contribution in [3.05, 3.63) is 16.9 Å². The van der Waals surface area contributed by atoms with Crippen LogP contribution < -0.4 is 17.4 Å². The van der Waals surface area contributed by atoms with E-state index in [1.54, 1.807) is 0 Å². The van der Waals surface area contributed by atoms with E-state index in [4.69, 9.17) is 23.2 Å². The van der Waals surface area contributed by atoms with Gasteiger partial charge in [0.25, 0.3) is 0 Å². The summed E-state index contributed by atoms with van der Waals surface area (Å²) in [4.78, 5) is 9.62. The Morgan fingerprint density at radius 1 is 1.21 bits per heavy atom. The molecule has 0 aliphatic rings. The first-order valence-electron chi connectivity index (χ1n) is 2.72. The van der Waals surface area contributed by atoms with E-state index in [-0.39, 0.29) is 23.0 Å². The third kappa shape index (κ3) is 14.2. The summed E-state index contributed by atoms with van der Waals surface area (Å²) in [6.07, 6.45) is 1.37. The molecule has 0 bridgehead atoms. The first-order valence-corrected chi connectivity index (χ1v) is 3.47. The van der Waals surface area contributed by atoms with Crippen LogP contribution in [0.5, 0.6) is 0 Å². The van der Waals surface area contributed by atoms with Gasteiger partial charge in [-0.2, -0.15) is 0 Å². The molecule has 0 aromatic carbocycles. The number of rotatable bonds is 0. The minimum absolute atomic E-state index is 0. The minimum atomic E-state index is -6.00. The van der Waals surface area contributed by atoms with Gasteiger partial charge in [-0.25, -0.2) is 4.98 Å². The summed E-state index contributed by atoms with van der Waals surface area (Å²) in [7, 11) is -6.00. The lowest BCUT2D eigenvalue weighted by atomic mass is 10.3. The second-order valence-electron chi connectivity index (χ2n) is 1.57. The van der Waals surface area contributed by atoms with Crippen LogP contribution in [-0.4, -0.2) is 17.2 Å². The van der Waals surface area contributed by atoms with Crippen molar-refractivity contribution in [1.29, 1.82) is 0 Å². The SMILES string of the molecule is Clc1nc[nH+]c(Cl)n1.F[B-](F)(F)F.[Cl-]. The maximum Gasteiger partial charge on any atom is 0.673 e. The van der Waals surface area contributed by atoms with Crippen LogP contribution in [0, 0.1) is 0 Å². The first kappa shape index (κ1) is 16.1. The number of hydrogen-bond donors (Lipinski definition) is 0. The number of aromatic amines is 1. The molecule has 0 amide bonds. The topological polar surface area (TPSA) is 39.9 Å². The third-order valence-corrected chi connectivity index (χ3v) is 0.921. The molecule has 0 aliphatic heterocycles. The van der Waals surface area contributed by atoms with Crippen LogP contribution in [0.15, 0.2) is 6.33 Å². The zero-order valence-corrected chi connectivity index (χ0v) is 8.46. The van der Waals surface area contributed by atoms with E-state index < -0.39 is 7.25 Å². The first-order chi connectivity index (χ1) is 5.79. The zero-order valence-electron chi connectivity index (χ0n) is 6.19. The van der Waals surface area contributed by atoms with Crippen molar-refractivity contribution < 1.29 is 34.7 Å². The highest BCUT2D eigenvalue weighted by molar-refractivity contribution is 6.50. The quantitative estimate of drug-likeness (QED) is 0.445. The van der Waals surface area contributed by atoms with Crippen LogP contribution in [0.1, 0.15) is 0 Å². The number of halogens is 7. The molecule has 1 heterocycles. The minimum Gasteiger partial charge on any atom is -1.00 e. The van der Waals surface area contributed by atoms with Crippen LogP contribution >= 0.6 is 23.2 Å². The van der Waals surface area contributed by atoms with Crippen molar-refractivity contribution in [3.63, 3.8) is 0 Å². The Kier molecular flexibility index (Phi) is 8.08. The van der Waals surface area contributed by atoms with Crippen molar-refractivity contribution in [2.24, 2.45) is 0 Å². The van der Waals surface area contributed by atoms with Crippen LogP contribution in [0.25, 0.3) is 0 Å². The molecular weight excluding hydrogens is 271 g/mol. The van der Waals surface area contributed by atoms with E-state index in [0.29, 0.717) is 0 Å². The summed E-state index contributed by atoms with van der Waals surface area (Å²) < 4.78 is 39.0. The van der Waals surface area contributed by atoms with Gasteiger partial charge >= 0.3 is 17.8 Å². The van der Waals surface area contributed by atoms with E-state index >= 15 is 0 Å². The van der Waals surface area contributed by atoms with Gasteiger partial charge in [-0.3, -0.25) is 0 Å². The maximum atomic E-state index is 9.75. The predicted molar refractivity (Wildman–Crippen MR) is 38.8 cm³/mol. The van der Waals surface area contributed by atoms with Crippen LogP contribution in [0.3, 0.4) is 0 Å². The Balaban J connectivity index is 0. The standard InChI is InChI=1S/C3HCl2N3.BF4.ClH/c4-2-6-1-7-3(5)8-2;2-1(3,4)5;/h1H;;1H/q;-1;. The fourth-order valence-electron chi connectivity index (χ4n) is 0.281. The van der Waals surface area contributed by atoms with E-state index in [0.717, 1.165) is 0 Å². The lowest BCUT2D eigenvalue weighted by molar-refractivity contribution is -0.385. The van der Waals surface area contributed by atoms with Crippen molar-refractivity contribution in [2.45, 2.75) is 0 Å². The lowest BCUT2D eigenvalue weighted by Crippen LogP contribution is -3.00. The Morgan fingerprint density at radius 3 is 1.86 bits per heavy atom. The van der Waals surface area contributed by atoms with E-state index in [2.05, 4.69) is 15.0 Å². The summed E-state index contributed by atoms with van der Waals surface area (Å²) in [5.74, 6) is 0. The van der Waals surface area contributed by atoms with Crippen molar-refractivity contribution in [3.8, 4) is 0 Å². The summed E-state index contributed by atoms with van der Waals surface area (Å²) in [5, 5.41) is 0.388. The monoisotopic (exact) mass is 272 g/mol. The average Bonchev–Trinajstić information content (AvgIpc) is 1.81. The molecule has 1 rings (SSSR count). The fourth-order valence-corrected chi connectivity index (χ4v) is 0.586. The molecule has 11 heteroatoms. The molecule has 1 N–H and O–H groups in total. The smallest absolute Gasteiger partial charge is 0.673 e. The Labute approximate surface area is 92.4 Å². The van der Waals surface area contributed by atoms with Gasteiger partial charge in [0.05, 0.1) is 0 Å². The second kappa shape index (κ2) is 7.02. The van der Waals surface area contributed by atoms with Gasteiger partial charge in [-0.15, -0.1) is 0 Å². The van der Waals surface area contributed by atoms with Gasteiger partial charge in [-0.1, -0.05) is 4.98 Å². The van der Waals surface area contributed by atoms with Crippen molar-refractivity contribution >= 4 is 30.5 Å². The van der Waals surface area contributed by atoms with Gasteiger partial charge < -0.3 is 29.7 Å². The normalized spacial score (nSPS) is 9.57. The molecule has 82 valence electrons. The molecule has 0 radical (unpaired) electrons. The Bertz CT molecular complexity index is 248. The molecular formula is C3H2BCl3F4N3-. The van der Waals surface area contributed by atoms with E-state index in [9.17, 15) is 17.3 Å². The molecule has 0 unspecified atom stereocenters. The fraction of sp³-hybridized carbons (Fsp3) is 0. The number of nitrogens with zero attached hydrogens (tertiary/aromatic N) is 2. The molecule has 0 aliphatic carbocycles. The van der Waals surface area contributed by atoms with E-state index in [1.165, 1.54) is 6.33 Å². The molecule has 14 heavy (non-hydrogen) atoms. The van der Waals surface area contributed by atoms with Gasteiger partial charge in [0.15, 0.2) is 0 Å². The summed E-state index contributed by atoms with van der Waals surface area (Å²) in [6, 6.07) is 0. The van der Waals surface area contributed by atoms with Gasteiger partial charge in [0.1, 0.15) is 0 Å². The Morgan fingerprint density at radius 2 is 1.64 bits per heavy atom. The van der Waals surface area contributed by atoms with Crippen LogP contribution in [0.2, 0.25) is 10.6 Å². The zero-order chi connectivity index (χ0) is 10.5. The molecule has 0 spiro atoms. The van der Waals surface area contributed by atoms with Gasteiger partial charge in [0, 0.05) is 0 Å². The molecule has 0 fully saturated rings. The highest BCUT2D eigenvalue weighted by Gasteiger charge is 2.20. The van der Waals surface area contributed by atoms with Gasteiger partial charge in [-0.05, 0) is 28.2 Å². The molecule has 0 saturated carbocycles. The Hall–Kier alpha value is -0.335. The molecule has 1 aromatic heterocycles. The maximum absolute atomic E-state index is 9.75. The summed E-state index contributed by atoms with van der Waals surface area (Å²) in [5.41, 5.74) is 0. The average molecular weight is 273 g/mol. The summed E-state index contributed by atoms with van der Waals surface area (Å²) in [6.45, 7) is 0. The predicted octanol–water partition coefficient (Wildman–Crippen LogP) is -1.10. The lowest BCUT2D eigenvalue weighted by Gasteiger charge is -1.94. The van der Waals surface area contributed by atoms with Crippen molar-refractivity contribution in [1.82, 2.24) is 9.97 Å². The third-order valence-electron chi connectivity index (χ3n) is 0.545. The van der Waals surface area contributed by atoms with Crippen LogP contribution in [-0.2, 0) is 0 Å². The molecule has 0 saturated heterocycles. The van der Waals surface area contributed by atoms with Crippen molar-refractivity contribution in [2.75, 3.05) is 0 Å². The van der Waals surface area contributed by atoms with Gasteiger partial charge in [0.2, 0.25) is 6.33 Å². The van der Waals surface area contributed by atoms with Crippen LogP contribution in [0.4, 0.5) is 17.3 Å².